The number of hydrazine groups is 1. The Hall–Kier alpha value is -1.21. The highest BCUT2D eigenvalue weighted by atomic mass is 79.9. The van der Waals surface area contributed by atoms with E-state index in [9.17, 15) is 8.42 Å². The van der Waals surface area contributed by atoms with E-state index in [0.29, 0.717) is 0 Å². The van der Waals surface area contributed by atoms with E-state index in [4.69, 9.17) is 5.84 Å². The van der Waals surface area contributed by atoms with Crippen molar-refractivity contribution in [1.29, 1.82) is 0 Å². The first-order chi connectivity index (χ1) is 9.00. The Bertz CT molecular complexity index is 642. The first kappa shape index (κ1) is 14.2. The Morgan fingerprint density at radius 2 is 1.58 bits per heavy atom. The molecule has 0 amide bonds. The fourth-order valence-corrected chi connectivity index (χ4v) is 2.92. The van der Waals surface area contributed by atoms with Gasteiger partial charge in [0.25, 0.3) is 10.0 Å². The molecule has 0 fully saturated rings. The molecule has 0 aliphatic heterocycles. The molecule has 2 aromatic carbocycles. The van der Waals surface area contributed by atoms with Crippen LogP contribution in [0, 0.1) is 0 Å². The van der Waals surface area contributed by atoms with Gasteiger partial charge in [0.05, 0.1) is 11.4 Å². The largest absolute Gasteiger partial charge is 0.255 e. The Kier molecular flexibility index (Phi) is 4.36. The maximum atomic E-state index is 12.2. The summed E-state index contributed by atoms with van der Waals surface area (Å²) in [5.41, 5.74) is 0.839. The molecule has 0 spiro atoms. The normalized spacial score (nSPS) is 11.7. The van der Waals surface area contributed by atoms with Gasteiger partial charge in [0.1, 0.15) is 0 Å². The van der Waals surface area contributed by atoms with Gasteiger partial charge in [-0.1, -0.05) is 46.3 Å². The van der Waals surface area contributed by atoms with Crippen LogP contribution in [0.25, 0.3) is 0 Å². The van der Waals surface area contributed by atoms with Crippen molar-refractivity contribution < 1.29 is 8.42 Å². The van der Waals surface area contributed by atoms with Crippen LogP contribution >= 0.6 is 15.9 Å². The van der Waals surface area contributed by atoms with Crippen molar-refractivity contribution in [1.82, 2.24) is 4.41 Å². The van der Waals surface area contributed by atoms with E-state index in [1.54, 1.807) is 12.1 Å². The molecule has 0 saturated carbocycles. The first-order valence-electron chi connectivity index (χ1n) is 5.57. The zero-order valence-corrected chi connectivity index (χ0v) is 12.4. The summed E-state index contributed by atoms with van der Waals surface area (Å²) >= 11 is 3.26. The lowest BCUT2D eigenvalue weighted by molar-refractivity contribution is 0.422. The zero-order chi connectivity index (χ0) is 13.9. The van der Waals surface area contributed by atoms with Crippen molar-refractivity contribution in [3.05, 3.63) is 64.6 Å². The number of hydrogen-bond donors (Lipinski definition) is 1. The van der Waals surface area contributed by atoms with E-state index in [2.05, 4.69) is 15.9 Å². The van der Waals surface area contributed by atoms with E-state index in [1.165, 1.54) is 12.1 Å². The Morgan fingerprint density at radius 3 is 2.16 bits per heavy atom. The van der Waals surface area contributed by atoms with E-state index in [1.807, 2.05) is 30.3 Å². The first-order valence-corrected chi connectivity index (χ1v) is 7.80. The van der Waals surface area contributed by atoms with Crippen LogP contribution in [-0.4, -0.2) is 12.8 Å². The summed E-state index contributed by atoms with van der Waals surface area (Å²) < 4.78 is 26.1. The summed E-state index contributed by atoms with van der Waals surface area (Å²) in [7, 11) is -3.66. The van der Waals surface area contributed by atoms with Gasteiger partial charge < -0.3 is 0 Å². The highest BCUT2D eigenvalue weighted by Crippen LogP contribution is 2.18. The minimum atomic E-state index is -3.66. The Balaban J connectivity index is 2.22. The lowest BCUT2D eigenvalue weighted by Crippen LogP contribution is -2.36. The maximum absolute atomic E-state index is 12.2. The summed E-state index contributed by atoms with van der Waals surface area (Å²) in [5.74, 6) is 5.69. The summed E-state index contributed by atoms with van der Waals surface area (Å²) in [6.07, 6.45) is 0. The van der Waals surface area contributed by atoms with E-state index in [-0.39, 0.29) is 11.4 Å². The van der Waals surface area contributed by atoms with Gasteiger partial charge >= 0.3 is 0 Å². The Morgan fingerprint density at radius 1 is 1.00 bits per heavy atom. The average molecular weight is 341 g/mol. The molecule has 0 saturated heterocycles. The summed E-state index contributed by atoms with van der Waals surface area (Å²) in [6.45, 7) is 0.138. The number of halogens is 1. The molecule has 100 valence electrons. The molecule has 0 aromatic heterocycles. The van der Waals surface area contributed by atoms with Crippen molar-refractivity contribution in [3.8, 4) is 0 Å². The van der Waals surface area contributed by atoms with Gasteiger partial charge in [-0.05, 0) is 29.8 Å². The van der Waals surface area contributed by atoms with Crippen molar-refractivity contribution in [3.63, 3.8) is 0 Å². The van der Waals surface area contributed by atoms with Crippen LogP contribution in [0.1, 0.15) is 5.56 Å². The molecule has 0 heterocycles. The molecular weight excluding hydrogens is 328 g/mol. The lowest BCUT2D eigenvalue weighted by atomic mass is 10.2. The van der Waals surface area contributed by atoms with Crippen molar-refractivity contribution in [2.75, 3.05) is 0 Å². The van der Waals surface area contributed by atoms with Gasteiger partial charge in [0, 0.05) is 4.47 Å². The van der Waals surface area contributed by atoms with Gasteiger partial charge in [0.15, 0.2) is 0 Å². The van der Waals surface area contributed by atoms with Gasteiger partial charge in [0.2, 0.25) is 0 Å². The van der Waals surface area contributed by atoms with Gasteiger partial charge in [-0.15, -0.1) is 4.41 Å². The van der Waals surface area contributed by atoms with Crippen LogP contribution in [0.5, 0.6) is 0 Å². The van der Waals surface area contributed by atoms with Crippen LogP contribution in [0.2, 0.25) is 0 Å². The topological polar surface area (TPSA) is 63.4 Å². The van der Waals surface area contributed by atoms with Crippen LogP contribution in [0.15, 0.2) is 64.0 Å². The van der Waals surface area contributed by atoms with Gasteiger partial charge in [-0.2, -0.15) is 0 Å². The molecule has 0 aliphatic carbocycles. The second-order valence-electron chi connectivity index (χ2n) is 3.99. The molecule has 0 aliphatic rings. The van der Waals surface area contributed by atoms with Crippen LogP contribution in [-0.2, 0) is 16.6 Å². The van der Waals surface area contributed by atoms with Crippen molar-refractivity contribution in [2.24, 2.45) is 5.84 Å². The fraction of sp³-hybridized carbons (Fsp3) is 0.0769. The molecule has 2 aromatic rings. The average Bonchev–Trinajstić information content (AvgIpc) is 2.40. The summed E-state index contributed by atoms with van der Waals surface area (Å²) in [6, 6.07) is 15.6. The van der Waals surface area contributed by atoms with Gasteiger partial charge in [-0.25, -0.2) is 8.42 Å². The highest BCUT2D eigenvalue weighted by Gasteiger charge is 2.21. The number of rotatable bonds is 4. The number of nitrogens with two attached hydrogens (primary N) is 1. The van der Waals surface area contributed by atoms with Gasteiger partial charge in [-0.3, -0.25) is 5.84 Å². The summed E-state index contributed by atoms with van der Waals surface area (Å²) in [4.78, 5) is 0.175. The highest BCUT2D eigenvalue weighted by molar-refractivity contribution is 9.10. The zero-order valence-electron chi connectivity index (χ0n) is 10.0. The molecule has 0 bridgehead atoms. The quantitative estimate of drug-likeness (QED) is 0.687. The predicted octanol–water partition coefficient (Wildman–Crippen LogP) is 2.51. The molecule has 0 radical (unpaired) electrons. The van der Waals surface area contributed by atoms with Crippen LogP contribution in [0.3, 0.4) is 0 Å². The number of sulfonamides is 1. The number of benzene rings is 2. The smallest absolute Gasteiger partial charge is 0.254 e. The molecular formula is C13H13BrN2O2S. The SMILES string of the molecule is NN(Cc1ccccc1)S(=O)(=O)c1ccc(Br)cc1. The molecule has 0 atom stereocenters. The molecule has 19 heavy (non-hydrogen) atoms. The van der Waals surface area contributed by atoms with Crippen molar-refractivity contribution >= 4 is 26.0 Å². The third kappa shape index (κ3) is 3.42. The summed E-state index contributed by atoms with van der Waals surface area (Å²) in [5, 5.41) is 0. The van der Waals surface area contributed by atoms with E-state index < -0.39 is 10.0 Å². The molecule has 4 nitrogen and oxygen atoms in total. The molecule has 2 N–H and O–H groups in total. The minimum Gasteiger partial charge on any atom is -0.254 e. The minimum absolute atomic E-state index is 0.138. The number of hydrogen-bond acceptors (Lipinski definition) is 3. The van der Waals surface area contributed by atoms with E-state index >= 15 is 0 Å². The standard InChI is InChI=1S/C13H13BrN2O2S/c14-12-6-8-13(9-7-12)19(17,18)16(15)10-11-4-2-1-3-5-11/h1-9H,10,15H2. The maximum Gasteiger partial charge on any atom is 0.255 e. The lowest BCUT2D eigenvalue weighted by Gasteiger charge is -2.16. The Labute approximate surface area is 121 Å². The monoisotopic (exact) mass is 340 g/mol. The fourth-order valence-electron chi connectivity index (χ4n) is 1.59. The van der Waals surface area contributed by atoms with Crippen molar-refractivity contribution in [2.45, 2.75) is 11.4 Å². The molecule has 6 heteroatoms. The second-order valence-corrected chi connectivity index (χ2v) is 6.80. The van der Waals surface area contributed by atoms with Crippen LogP contribution in [0.4, 0.5) is 0 Å². The molecule has 2 rings (SSSR count). The molecule has 0 unspecified atom stereocenters. The third-order valence-corrected chi connectivity index (χ3v) is 4.74. The van der Waals surface area contributed by atoms with Crippen LogP contribution < -0.4 is 5.84 Å². The number of nitrogens with zero attached hydrogens (tertiary/aromatic N) is 1. The third-order valence-electron chi connectivity index (χ3n) is 2.60. The predicted molar refractivity (Wildman–Crippen MR) is 77.5 cm³/mol. The van der Waals surface area contributed by atoms with E-state index in [0.717, 1.165) is 14.5 Å². The second kappa shape index (κ2) is 5.83.